The number of aromatic amines is 1. The van der Waals surface area contributed by atoms with Crippen molar-refractivity contribution in [1.82, 2.24) is 19.7 Å². The van der Waals surface area contributed by atoms with E-state index in [9.17, 15) is 9.59 Å². The van der Waals surface area contributed by atoms with E-state index in [1.54, 1.807) is 35.9 Å². The van der Waals surface area contributed by atoms with Crippen molar-refractivity contribution >= 4 is 17.5 Å². The van der Waals surface area contributed by atoms with Crippen LogP contribution >= 0.6 is 11.6 Å². The third-order valence-electron chi connectivity index (χ3n) is 5.51. The summed E-state index contributed by atoms with van der Waals surface area (Å²) >= 11 is 6.01. The minimum absolute atomic E-state index is 0.0198. The maximum Gasteiger partial charge on any atom is 0.343 e. The molecule has 4 rings (SSSR count). The summed E-state index contributed by atoms with van der Waals surface area (Å²) in [7, 11) is 1.62. The highest BCUT2D eigenvalue weighted by Crippen LogP contribution is 2.27. The maximum absolute atomic E-state index is 12.7. The molecule has 156 valence electrons. The zero-order valence-electron chi connectivity index (χ0n) is 16.7. The average Bonchev–Trinajstić information content (AvgIpc) is 3.14. The Hall–Kier alpha value is -3.06. The molecule has 7 nitrogen and oxygen atoms in total. The Kier molecular flexibility index (Phi) is 5.90. The number of methoxy groups -OCH3 is 1. The lowest BCUT2D eigenvalue weighted by atomic mass is 9.95. The van der Waals surface area contributed by atoms with Crippen LogP contribution in [0.4, 0.5) is 0 Å². The number of aromatic nitrogens is 3. The molecule has 0 saturated carbocycles. The van der Waals surface area contributed by atoms with Crippen LogP contribution in [0.1, 0.15) is 40.5 Å². The molecular formula is C22H23ClN4O3. The molecular weight excluding hydrogens is 404 g/mol. The van der Waals surface area contributed by atoms with Crippen molar-refractivity contribution in [3.8, 4) is 5.75 Å². The molecule has 30 heavy (non-hydrogen) atoms. The fourth-order valence-corrected chi connectivity index (χ4v) is 4.04. The predicted octanol–water partition coefficient (Wildman–Crippen LogP) is 3.30. The van der Waals surface area contributed by atoms with Gasteiger partial charge in [0.1, 0.15) is 11.6 Å². The number of amides is 1. The second-order valence-electron chi connectivity index (χ2n) is 7.40. The Morgan fingerprint density at radius 2 is 1.93 bits per heavy atom. The third-order valence-corrected chi connectivity index (χ3v) is 5.74. The fourth-order valence-electron chi connectivity index (χ4n) is 3.85. The van der Waals surface area contributed by atoms with E-state index in [1.807, 2.05) is 29.2 Å². The molecule has 1 amide bonds. The highest BCUT2D eigenvalue weighted by Gasteiger charge is 2.28. The maximum atomic E-state index is 12.7. The van der Waals surface area contributed by atoms with Crippen molar-refractivity contribution in [2.75, 3.05) is 20.2 Å². The number of nitrogens with one attached hydrogen (secondary N) is 1. The Labute approximate surface area is 179 Å². The molecule has 0 unspecified atom stereocenters. The average molecular weight is 427 g/mol. The topological polar surface area (TPSA) is 80.2 Å². The molecule has 0 atom stereocenters. The first-order valence-electron chi connectivity index (χ1n) is 9.88. The number of hydrogen-bond acceptors (Lipinski definition) is 4. The van der Waals surface area contributed by atoms with Crippen molar-refractivity contribution in [3.63, 3.8) is 0 Å². The summed E-state index contributed by atoms with van der Waals surface area (Å²) in [5.74, 6) is 1.61. The number of benzene rings is 2. The smallest absolute Gasteiger partial charge is 0.343 e. The van der Waals surface area contributed by atoms with E-state index in [-0.39, 0.29) is 17.5 Å². The highest BCUT2D eigenvalue weighted by molar-refractivity contribution is 6.30. The number of nitrogens with zero attached hydrogens (tertiary/aromatic N) is 3. The Balaban J connectivity index is 1.45. The quantitative estimate of drug-likeness (QED) is 0.678. The zero-order valence-corrected chi connectivity index (χ0v) is 17.4. The van der Waals surface area contributed by atoms with E-state index in [2.05, 4.69) is 10.2 Å². The van der Waals surface area contributed by atoms with E-state index in [1.165, 1.54) is 0 Å². The van der Waals surface area contributed by atoms with E-state index in [0.717, 1.165) is 30.0 Å². The number of rotatable bonds is 5. The minimum atomic E-state index is -0.224. The lowest BCUT2D eigenvalue weighted by molar-refractivity contribution is 0.0710. The van der Waals surface area contributed by atoms with Crippen molar-refractivity contribution < 1.29 is 9.53 Å². The lowest BCUT2D eigenvalue weighted by Crippen LogP contribution is -2.38. The van der Waals surface area contributed by atoms with E-state index in [0.29, 0.717) is 30.2 Å². The molecule has 2 aromatic carbocycles. The number of piperidine rings is 1. The summed E-state index contributed by atoms with van der Waals surface area (Å²) in [6.45, 7) is 1.66. The van der Waals surface area contributed by atoms with Crippen LogP contribution in [-0.4, -0.2) is 45.8 Å². The van der Waals surface area contributed by atoms with Crippen LogP contribution in [0.3, 0.4) is 0 Å². The molecule has 1 N–H and O–H groups in total. The van der Waals surface area contributed by atoms with Gasteiger partial charge in [0, 0.05) is 29.6 Å². The number of carbonyl (C=O) groups excluding carboxylic acids is 1. The van der Waals surface area contributed by atoms with Crippen LogP contribution in [0.2, 0.25) is 5.02 Å². The largest absolute Gasteiger partial charge is 0.497 e. The SMILES string of the molecule is COc1ccc(Cn2c(C3CCN(C(=O)c4cccc(Cl)c4)CC3)n[nH]c2=O)cc1. The molecule has 2 heterocycles. The number of ether oxygens (including phenoxy) is 1. The number of H-pyrrole nitrogens is 1. The van der Waals surface area contributed by atoms with Crippen LogP contribution in [0, 0.1) is 0 Å². The molecule has 1 aromatic heterocycles. The molecule has 0 radical (unpaired) electrons. The standard InChI is InChI=1S/C22H23ClN4O3/c1-30-19-7-5-15(6-8-19)14-27-20(24-25-22(27)29)16-9-11-26(12-10-16)21(28)17-3-2-4-18(23)13-17/h2-8,13,16H,9-12,14H2,1H3,(H,25,29). The van der Waals surface area contributed by atoms with Crippen molar-refractivity contribution in [2.24, 2.45) is 0 Å². The number of carbonyl (C=O) groups is 1. The molecule has 3 aromatic rings. The van der Waals surface area contributed by atoms with Crippen LogP contribution in [0.25, 0.3) is 0 Å². The van der Waals surface area contributed by atoms with Crippen LogP contribution in [-0.2, 0) is 6.54 Å². The van der Waals surface area contributed by atoms with Crippen molar-refractivity contribution in [2.45, 2.75) is 25.3 Å². The van der Waals surface area contributed by atoms with Gasteiger partial charge in [-0.05, 0) is 48.7 Å². The molecule has 8 heteroatoms. The van der Waals surface area contributed by atoms with Gasteiger partial charge in [0.15, 0.2) is 0 Å². The van der Waals surface area contributed by atoms with Gasteiger partial charge in [-0.25, -0.2) is 9.89 Å². The summed E-state index contributed by atoms with van der Waals surface area (Å²) in [5, 5.41) is 7.42. The van der Waals surface area contributed by atoms with Gasteiger partial charge in [-0.3, -0.25) is 9.36 Å². The molecule has 1 aliphatic rings. The van der Waals surface area contributed by atoms with Crippen LogP contribution < -0.4 is 10.4 Å². The van der Waals surface area contributed by atoms with Crippen LogP contribution in [0.15, 0.2) is 53.3 Å². The van der Waals surface area contributed by atoms with E-state index in [4.69, 9.17) is 16.3 Å². The number of halogens is 1. The van der Waals surface area contributed by atoms with Gasteiger partial charge in [-0.15, -0.1) is 0 Å². The van der Waals surface area contributed by atoms with Gasteiger partial charge in [0.2, 0.25) is 0 Å². The van der Waals surface area contributed by atoms with Gasteiger partial charge < -0.3 is 9.64 Å². The first kappa shape index (κ1) is 20.2. The third kappa shape index (κ3) is 4.26. The number of hydrogen-bond donors (Lipinski definition) is 1. The molecule has 1 saturated heterocycles. The predicted molar refractivity (Wildman–Crippen MR) is 114 cm³/mol. The zero-order chi connectivity index (χ0) is 21.1. The van der Waals surface area contributed by atoms with Gasteiger partial charge in [-0.1, -0.05) is 29.8 Å². The first-order chi connectivity index (χ1) is 14.5. The fraction of sp³-hybridized carbons (Fsp3) is 0.318. The van der Waals surface area contributed by atoms with Gasteiger partial charge in [0.25, 0.3) is 5.91 Å². The monoisotopic (exact) mass is 426 g/mol. The van der Waals surface area contributed by atoms with E-state index >= 15 is 0 Å². The van der Waals surface area contributed by atoms with Gasteiger partial charge in [0.05, 0.1) is 13.7 Å². The number of likely N-dealkylation sites (tertiary alicyclic amines) is 1. The van der Waals surface area contributed by atoms with Crippen molar-refractivity contribution in [3.05, 3.63) is 81.0 Å². The summed E-state index contributed by atoms with van der Waals surface area (Å²) in [5.41, 5.74) is 1.37. The molecule has 0 bridgehead atoms. The van der Waals surface area contributed by atoms with Crippen molar-refractivity contribution in [1.29, 1.82) is 0 Å². The molecule has 1 aliphatic heterocycles. The first-order valence-corrected chi connectivity index (χ1v) is 10.3. The summed E-state index contributed by atoms with van der Waals surface area (Å²) in [4.78, 5) is 26.9. The second-order valence-corrected chi connectivity index (χ2v) is 7.83. The highest BCUT2D eigenvalue weighted by atomic mass is 35.5. The molecule has 1 fully saturated rings. The molecule has 0 spiro atoms. The minimum Gasteiger partial charge on any atom is -0.497 e. The van der Waals surface area contributed by atoms with E-state index < -0.39 is 0 Å². The Morgan fingerprint density at radius 1 is 1.20 bits per heavy atom. The summed E-state index contributed by atoms with van der Waals surface area (Å²) in [6, 6.07) is 14.6. The summed E-state index contributed by atoms with van der Waals surface area (Å²) < 4.78 is 6.87. The summed E-state index contributed by atoms with van der Waals surface area (Å²) in [6.07, 6.45) is 1.50. The second kappa shape index (κ2) is 8.75. The Bertz CT molecular complexity index is 1080. The molecule has 0 aliphatic carbocycles. The van der Waals surface area contributed by atoms with Gasteiger partial charge >= 0.3 is 5.69 Å². The van der Waals surface area contributed by atoms with Gasteiger partial charge in [-0.2, -0.15) is 5.10 Å². The van der Waals surface area contributed by atoms with Crippen LogP contribution in [0.5, 0.6) is 5.75 Å². The Morgan fingerprint density at radius 3 is 2.60 bits per heavy atom. The lowest BCUT2D eigenvalue weighted by Gasteiger charge is -2.31. The normalized spacial score (nSPS) is 14.7.